The molecule has 0 spiro atoms. The fourth-order valence-electron chi connectivity index (χ4n) is 2.38. The fraction of sp³-hybridized carbons (Fsp3) is 0.375. The zero-order chi connectivity index (χ0) is 13.6. The average molecular weight is 253 g/mol. The molecule has 2 aromatic heterocycles. The Morgan fingerprint density at radius 3 is 2.53 bits per heavy atom. The van der Waals surface area contributed by atoms with Crippen molar-refractivity contribution in [3.05, 3.63) is 36.8 Å². The van der Waals surface area contributed by atoms with Gasteiger partial charge in [-0.2, -0.15) is 0 Å². The van der Waals surface area contributed by atoms with Crippen LogP contribution in [0, 0.1) is 5.41 Å². The average Bonchev–Trinajstić information content (AvgIpc) is 2.80. The Balaban J connectivity index is 2.35. The van der Waals surface area contributed by atoms with Gasteiger partial charge in [0.2, 0.25) is 0 Å². The highest BCUT2D eigenvalue weighted by molar-refractivity contribution is 6.01. The van der Waals surface area contributed by atoms with Gasteiger partial charge in [0.1, 0.15) is 5.52 Å². The van der Waals surface area contributed by atoms with E-state index in [1.165, 1.54) is 10.9 Å². The first-order chi connectivity index (χ1) is 8.98. The zero-order valence-corrected chi connectivity index (χ0v) is 11.9. The predicted octanol–water partition coefficient (Wildman–Crippen LogP) is 4.19. The standard InChI is InChI=1S/C16H19N3/c1-11(16(2,3)4)19-10-18-14-9-17-13-8-6-5-7-12(13)15(14)19/h5-11H,1-4H3/t11-/m1/s1. The smallest absolute Gasteiger partial charge is 0.107 e. The van der Waals surface area contributed by atoms with E-state index in [4.69, 9.17) is 0 Å². The maximum Gasteiger partial charge on any atom is 0.107 e. The summed E-state index contributed by atoms with van der Waals surface area (Å²) in [6, 6.07) is 8.63. The number of nitrogens with zero attached hydrogens (tertiary/aromatic N) is 3. The van der Waals surface area contributed by atoms with Gasteiger partial charge >= 0.3 is 0 Å². The van der Waals surface area contributed by atoms with Crippen LogP contribution in [-0.4, -0.2) is 14.5 Å². The molecule has 98 valence electrons. The molecule has 0 aliphatic heterocycles. The summed E-state index contributed by atoms with van der Waals surface area (Å²) >= 11 is 0. The van der Waals surface area contributed by atoms with Gasteiger partial charge in [0, 0.05) is 11.4 Å². The number of rotatable bonds is 1. The number of fused-ring (bicyclic) bond motifs is 3. The molecular weight excluding hydrogens is 234 g/mol. The zero-order valence-electron chi connectivity index (χ0n) is 11.9. The van der Waals surface area contributed by atoms with Crippen LogP contribution in [0.2, 0.25) is 0 Å². The van der Waals surface area contributed by atoms with E-state index < -0.39 is 0 Å². The number of pyridine rings is 1. The molecule has 19 heavy (non-hydrogen) atoms. The Bertz CT molecular complexity index is 734. The summed E-state index contributed by atoms with van der Waals surface area (Å²) in [7, 11) is 0. The highest BCUT2D eigenvalue weighted by Crippen LogP contribution is 2.34. The molecule has 0 unspecified atom stereocenters. The van der Waals surface area contributed by atoms with Crippen LogP contribution >= 0.6 is 0 Å². The maximum atomic E-state index is 4.50. The van der Waals surface area contributed by atoms with Crippen LogP contribution in [0.5, 0.6) is 0 Å². The van der Waals surface area contributed by atoms with Crippen molar-refractivity contribution in [1.29, 1.82) is 0 Å². The van der Waals surface area contributed by atoms with E-state index in [9.17, 15) is 0 Å². The van der Waals surface area contributed by atoms with E-state index in [2.05, 4.69) is 54.4 Å². The summed E-state index contributed by atoms with van der Waals surface area (Å²) in [5.74, 6) is 0. The Morgan fingerprint density at radius 1 is 1.05 bits per heavy atom. The quantitative estimate of drug-likeness (QED) is 0.651. The van der Waals surface area contributed by atoms with Gasteiger partial charge in [0.25, 0.3) is 0 Å². The number of hydrogen-bond donors (Lipinski definition) is 0. The molecule has 3 heteroatoms. The summed E-state index contributed by atoms with van der Waals surface area (Å²) in [6.45, 7) is 9.02. The number of hydrogen-bond acceptors (Lipinski definition) is 2. The van der Waals surface area contributed by atoms with Crippen molar-refractivity contribution in [2.45, 2.75) is 33.7 Å². The van der Waals surface area contributed by atoms with Crippen LogP contribution in [0.4, 0.5) is 0 Å². The van der Waals surface area contributed by atoms with Gasteiger partial charge in [-0.05, 0) is 18.4 Å². The van der Waals surface area contributed by atoms with E-state index in [0.29, 0.717) is 6.04 Å². The number of aromatic nitrogens is 3. The molecule has 0 amide bonds. The predicted molar refractivity (Wildman–Crippen MR) is 79.2 cm³/mol. The maximum absolute atomic E-state index is 4.50. The fourth-order valence-corrected chi connectivity index (χ4v) is 2.38. The normalized spacial score (nSPS) is 14.1. The van der Waals surface area contributed by atoms with Crippen LogP contribution in [0.25, 0.3) is 21.9 Å². The molecule has 2 heterocycles. The van der Waals surface area contributed by atoms with Crippen LogP contribution in [0.1, 0.15) is 33.7 Å². The first kappa shape index (κ1) is 12.2. The molecule has 0 N–H and O–H groups in total. The van der Waals surface area contributed by atoms with Crippen molar-refractivity contribution < 1.29 is 0 Å². The van der Waals surface area contributed by atoms with E-state index in [-0.39, 0.29) is 5.41 Å². The third-order valence-electron chi connectivity index (χ3n) is 3.98. The Hall–Kier alpha value is -1.90. The molecule has 3 aromatic rings. The second-order valence-electron chi connectivity index (χ2n) is 6.20. The first-order valence-corrected chi connectivity index (χ1v) is 6.69. The minimum Gasteiger partial charge on any atom is -0.327 e. The summed E-state index contributed by atoms with van der Waals surface area (Å²) in [4.78, 5) is 8.97. The summed E-state index contributed by atoms with van der Waals surface area (Å²) in [6.07, 6.45) is 3.80. The lowest BCUT2D eigenvalue weighted by Crippen LogP contribution is -2.20. The van der Waals surface area contributed by atoms with Crippen LogP contribution in [-0.2, 0) is 0 Å². The Labute approximate surface area is 113 Å². The first-order valence-electron chi connectivity index (χ1n) is 6.69. The summed E-state index contributed by atoms with van der Waals surface area (Å²) < 4.78 is 2.28. The van der Waals surface area contributed by atoms with E-state index in [1.54, 1.807) is 0 Å². The van der Waals surface area contributed by atoms with Gasteiger partial charge in [-0.25, -0.2) is 4.98 Å². The van der Waals surface area contributed by atoms with Crippen molar-refractivity contribution in [2.24, 2.45) is 5.41 Å². The van der Waals surface area contributed by atoms with Crippen LogP contribution in [0.3, 0.4) is 0 Å². The van der Waals surface area contributed by atoms with Crippen molar-refractivity contribution in [3.63, 3.8) is 0 Å². The molecule has 0 radical (unpaired) electrons. The van der Waals surface area contributed by atoms with Gasteiger partial charge in [0.15, 0.2) is 0 Å². The summed E-state index contributed by atoms with van der Waals surface area (Å²) in [5.41, 5.74) is 3.37. The van der Waals surface area contributed by atoms with Gasteiger partial charge in [-0.15, -0.1) is 0 Å². The minimum atomic E-state index is 0.192. The second kappa shape index (κ2) is 4.05. The summed E-state index contributed by atoms with van der Waals surface area (Å²) in [5, 5.41) is 1.17. The molecule has 0 aliphatic rings. The molecule has 0 saturated carbocycles. The monoisotopic (exact) mass is 253 g/mol. The number of benzene rings is 1. The number of imidazole rings is 1. The third kappa shape index (κ3) is 1.89. The number of para-hydroxylation sites is 1. The molecule has 0 bridgehead atoms. The largest absolute Gasteiger partial charge is 0.327 e. The molecule has 1 atom stereocenters. The topological polar surface area (TPSA) is 30.7 Å². The van der Waals surface area contributed by atoms with Crippen LogP contribution < -0.4 is 0 Å². The van der Waals surface area contributed by atoms with Crippen molar-refractivity contribution in [1.82, 2.24) is 14.5 Å². The van der Waals surface area contributed by atoms with Crippen LogP contribution in [0.15, 0.2) is 36.8 Å². The third-order valence-corrected chi connectivity index (χ3v) is 3.98. The van der Waals surface area contributed by atoms with Gasteiger partial charge < -0.3 is 4.57 Å². The van der Waals surface area contributed by atoms with Gasteiger partial charge in [0.05, 0.1) is 23.6 Å². The van der Waals surface area contributed by atoms with Gasteiger partial charge in [-0.3, -0.25) is 4.98 Å². The molecule has 0 fully saturated rings. The van der Waals surface area contributed by atoms with Gasteiger partial charge in [-0.1, -0.05) is 39.0 Å². The van der Waals surface area contributed by atoms with Crippen molar-refractivity contribution >= 4 is 21.9 Å². The second-order valence-corrected chi connectivity index (χ2v) is 6.20. The molecule has 0 saturated heterocycles. The minimum absolute atomic E-state index is 0.192. The van der Waals surface area contributed by atoms with Crippen molar-refractivity contribution in [2.75, 3.05) is 0 Å². The van der Waals surface area contributed by atoms with Crippen molar-refractivity contribution in [3.8, 4) is 0 Å². The highest BCUT2D eigenvalue weighted by Gasteiger charge is 2.23. The molecular formula is C16H19N3. The Morgan fingerprint density at radius 2 is 1.79 bits per heavy atom. The van der Waals surface area contributed by atoms with E-state index in [1.807, 2.05) is 24.7 Å². The Kier molecular flexibility index (Phi) is 2.59. The molecule has 3 rings (SSSR count). The molecule has 3 nitrogen and oxygen atoms in total. The SMILES string of the molecule is C[C@@H](n1cnc2cnc3ccccc3c21)C(C)(C)C. The lowest BCUT2D eigenvalue weighted by Gasteiger charge is -2.29. The lowest BCUT2D eigenvalue weighted by molar-refractivity contribution is 0.267. The van der Waals surface area contributed by atoms with E-state index in [0.717, 1.165) is 11.0 Å². The highest BCUT2D eigenvalue weighted by atomic mass is 15.1. The molecule has 1 aromatic carbocycles. The molecule has 0 aliphatic carbocycles. The lowest BCUT2D eigenvalue weighted by atomic mass is 9.88. The van der Waals surface area contributed by atoms with E-state index >= 15 is 0 Å².